The van der Waals surface area contributed by atoms with Gasteiger partial charge >= 0.3 is 5.97 Å². The van der Waals surface area contributed by atoms with Crippen LogP contribution in [-0.4, -0.2) is 30.2 Å². The average molecular weight is 273 g/mol. The standard InChI is InChI=1S/C10H11NO4S2/c11-10(16)8-3-1-2-7(4-8)5-17(14,15)6-9(12)13/h1-4H,5-6H2,(H2,11,16)(H,12,13). The van der Waals surface area contributed by atoms with Gasteiger partial charge < -0.3 is 10.8 Å². The minimum atomic E-state index is -3.66. The summed E-state index contributed by atoms with van der Waals surface area (Å²) in [5, 5.41) is 8.45. The third kappa shape index (κ3) is 4.49. The molecule has 1 aromatic carbocycles. The highest BCUT2D eigenvalue weighted by atomic mass is 32.2. The van der Waals surface area contributed by atoms with Crippen LogP contribution in [-0.2, 0) is 20.4 Å². The van der Waals surface area contributed by atoms with E-state index in [9.17, 15) is 13.2 Å². The van der Waals surface area contributed by atoms with Crippen molar-refractivity contribution in [3.05, 3.63) is 35.4 Å². The zero-order valence-electron chi connectivity index (χ0n) is 8.79. The number of sulfone groups is 1. The van der Waals surface area contributed by atoms with Gasteiger partial charge in [0.05, 0.1) is 5.75 Å². The molecule has 0 aliphatic rings. The second kappa shape index (κ2) is 5.24. The Morgan fingerprint density at radius 1 is 1.41 bits per heavy atom. The van der Waals surface area contributed by atoms with Gasteiger partial charge in [0.2, 0.25) is 0 Å². The predicted molar refractivity (Wildman–Crippen MR) is 67.5 cm³/mol. The van der Waals surface area contributed by atoms with Gasteiger partial charge in [-0.25, -0.2) is 8.42 Å². The third-order valence-electron chi connectivity index (χ3n) is 1.94. The Kier molecular flexibility index (Phi) is 4.19. The van der Waals surface area contributed by atoms with E-state index in [0.29, 0.717) is 11.1 Å². The molecule has 17 heavy (non-hydrogen) atoms. The molecule has 0 amide bonds. The molecule has 0 bridgehead atoms. The van der Waals surface area contributed by atoms with E-state index in [-0.39, 0.29) is 10.7 Å². The van der Waals surface area contributed by atoms with E-state index in [1.165, 1.54) is 0 Å². The number of benzene rings is 1. The van der Waals surface area contributed by atoms with Crippen LogP contribution in [0.4, 0.5) is 0 Å². The molecule has 0 saturated heterocycles. The van der Waals surface area contributed by atoms with Gasteiger partial charge in [0.15, 0.2) is 9.84 Å². The van der Waals surface area contributed by atoms with Crippen molar-refractivity contribution in [2.45, 2.75) is 5.75 Å². The minimum Gasteiger partial charge on any atom is -0.480 e. The molecule has 0 heterocycles. The van der Waals surface area contributed by atoms with Crippen molar-refractivity contribution < 1.29 is 18.3 Å². The maximum Gasteiger partial charge on any atom is 0.318 e. The van der Waals surface area contributed by atoms with Crippen LogP contribution >= 0.6 is 12.2 Å². The summed E-state index contributed by atoms with van der Waals surface area (Å²) < 4.78 is 22.9. The number of hydrogen-bond acceptors (Lipinski definition) is 4. The first-order valence-electron chi connectivity index (χ1n) is 4.61. The molecule has 92 valence electrons. The monoisotopic (exact) mass is 273 g/mol. The Morgan fingerprint density at radius 3 is 2.59 bits per heavy atom. The third-order valence-corrected chi connectivity index (χ3v) is 3.64. The zero-order valence-corrected chi connectivity index (χ0v) is 10.4. The van der Waals surface area contributed by atoms with E-state index in [1.54, 1.807) is 24.3 Å². The van der Waals surface area contributed by atoms with Crippen molar-refractivity contribution in [1.29, 1.82) is 0 Å². The smallest absolute Gasteiger partial charge is 0.318 e. The van der Waals surface area contributed by atoms with E-state index < -0.39 is 21.6 Å². The highest BCUT2D eigenvalue weighted by molar-refractivity contribution is 7.91. The van der Waals surface area contributed by atoms with Crippen molar-refractivity contribution in [3.63, 3.8) is 0 Å². The molecule has 0 aliphatic heterocycles. The predicted octanol–water partition coefficient (Wildman–Crippen LogP) is 0.320. The molecule has 3 N–H and O–H groups in total. The van der Waals surface area contributed by atoms with Crippen molar-refractivity contribution >= 4 is 33.0 Å². The van der Waals surface area contributed by atoms with Crippen molar-refractivity contribution in [3.8, 4) is 0 Å². The van der Waals surface area contributed by atoms with Crippen molar-refractivity contribution in [2.75, 3.05) is 5.75 Å². The number of hydrogen-bond donors (Lipinski definition) is 2. The van der Waals surface area contributed by atoms with E-state index >= 15 is 0 Å². The van der Waals surface area contributed by atoms with Crippen LogP contribution < -0.4 is 5.73 Å². The second-order valence-electron chi connectivity index (χ2n) is 3.49. The Balaban J connectivity index is 2.92. The zero-order chi connectivity index (χ0) is 13.1. The van der Waals surface area contributed by atoms with Crippen LogP contribution in [0.3, 0.4) is 0 Å². The van der Waals surface area contributed by atoms with Crippen LogP contribution in [0.5, 0.6) is 0 Å². The SMILES string of the molecule is NC(=S)c1cccc(CS(=O)(=O)CC(=O)O)c1. The van der Waals surface area contributed by atoms with Gasteiger partial charge in [0, 0.05) is 5.56 Å². The Labute approximate surface area is 104 Å². The summed E-state index contributed by atoms with van der Waals surface area (Å²) in [7, 11) is -3.66. The van der Waals surface area contributed by atoms with Crippen molar-refractivity contribution in [1.82, 2.24) is 0 Å². The topological polar surface area (TPSA) is 97.5 Å². The Hall–Kier alpha value is -1.47. The number of carbonyl (C=O) groups is 1. The fourth-order valence-corrected chi connectivity index (χ4v) is 2.60. The first kappa shape index (κ1) is 13.6. The van der Waals surface area contributed by atoms with Crippen molar-refractivity contribution in [2.24, 2.45) is 5.73 Å². The number of thiocarbonyl (C=S) groups is 1. The summed E-state index contributed by atoms with van der Waals surface area (Å²) >= 11 is 4.77. The van der Waals surface area contributed by atoms with Gasteiger partial charge in [-0.1, -0.05) is 30.4 Å². The number of carboxylic acid groups (broad SMARTS) is 1. The van der Waals surface area contributed by atoms with Crippen LogP contribution in [0.25, 0.3) is 0 Å². The summed E-state index contributed by atoms with van der Waals surface area (Å²) in [5.74, 6) is -2.59. The molecule has 0 spiro atoms. The molecule has 0 unspecified atom stereocenters. The fourth-order valence-electron chi connectivity index (χ4n) is 1.31. The summed E-state index contributed by atoms with van der Waals surface area (Å²) in [5.41, 5.74) is 6.44. The number of aliphatic carboxylic acids is 1. The van der Waals surface area contributed by atoms with E-state index in [4.69, 9.17) is 23.1 Å². The maximum absolute atomic E-state index is 11.4. The lowest BCUT2D eigenvalue weighted by molar-refractivity contribution is -0.134. The van der Waals surface area contributed by atoms with Gasteiger partial charge in [-0.3, -0.25) is 4.79 Å². The highest BCUT2D eigenvalue weighted by Gasteiger charge is 2.16. The van der Waals surface area contributed by atoms with Gasteiger partial charge in [0.1, 0.15) is 10.7 Å². The molecule has 1 aromatic rings. The first-order chi connectivity index (χ1) is 7.80. The van der Waals surface area contributed by atoms with Gasteiger partial charge in [-0.15, -0.1) is 0 Å². The molecular weight excluding hydrogens is 262 g/mol. The van der Waals surface area contributed by atoms with E-state index in [1.807, 2.05) is 0 Å². The highest BCUT2D eigenvalue weighted by Crippen LogP contribution is 2.10. The maximum atomic E-state index is 11.4. The van der Waals surface area contributed by atoms with Crippen LogP contribution in [0, 0.1) is 0 Å². The quantitative estimate of drug-likeness (QED) is 0.750. The molecular formula is C10H11NO4S2. The minimum absolute atomic E-state index is 0.169. The summed E-state index contributed by atoms with van der Waals surface area (Å²) in [6, 6.07) is 6.42. The number of carboxylic acids is 1. The van der Waals surface area contributed by atoms with Gasteiger partial charge in [-0.05, 0) is 11.6 Å². The number of rotatable bonds is 5. The summed E-state index contributed by atoms with van der Waals surface area (Å²) in [6.45, 7) is 0. The molecule has 0 aromatic heterocycles. The Morgan fingerprint density at radius 2 is 2.06 bits per heavy atom. The first-order valence-corrected chi connectivity index (χ1v) is 6.84. The molecule has 0 aliphatic carbocycles. The van der Waals surface area contributed by atoms with E-state index in [0.717, 1.165) is 0 Å². The number of nitrogens with two attached hydrogens (primary N) is 1. The molecule has 0 saturated carbocycles. The lowest BCUT2D eigenvalue weighted by atomic mass is 10.1. The van der Waals surface area contributed by atoms with Gasteiger partial charge in [0.25, 0.3) is 0 Å². The normalized spacial score (nSPS) is 11.1. The lowest BCUT2D eigenvalue weighted by Gasteiger charge is -2.04. The van der Waals surface area contributed by atoms with E-state index in [2.05, 4.69) is 0 Å². The summed E-state index contributed by atoms with van der Waals surface area (Å²) in [6.07, 6.45) is 0. The lowest BCUT2D eigenvalue weighted by Crippen LogP contribution is -2.17. The molecule has 0 atom stereocenters. The second-order valence-corrected chi connectivity index (χ2v) is 5.99. The Bertz CT molecular complexity index is 551. The largest absolute Gasteiger partial charge is 0.480 e. The van der Waals surface area contributed by atoms with Crippen LogP contribution in [0.15, 0.2) is 24.3 Å². The van der Waals surface area contributed by atoms with Crippen LogP contribution in [0.2, 0.25) is 0 Å². The molecule has 5 nitrogen and oxygen atoms in total. The molecule has 7 heteroatoms. The van der Waals surface area contributed by atoms with Crippen LogP contribution in [0.1, 0.15) is 11.1 Å². The fraction of sp³-hybridized carbons (Fsp3) is 0.200. The van der Waals surface area contributed by atoms with Gasteiger partial charge in [-0.2, -0.15) is 0 Å². The molecule has 1 rings (SSSR count). The average Bonchev–Trinajstić information content (AvgIpc) is 2.14. The molecule has 0 radical (unpaired) electrons. The summed E-state index contributed by atoms with van der Waals surface area (Å²) in [4.78, 5) is 10.5. The molecule has 0 fully saturated rings.